The molecule has 0 aromatic carbocycles. The maximum atomic E-state index is 11.5. The van der Waals surface area contributed by atoms with E-state index >= 15 is 0 Å². The highest BCUT2D eigenvalue weighted by molar-refractivity contribution is 6.02. The molecule has 0 spiro atoms. The Morgan fingerprint density at radius 3 is 3.07 bits per heavy atom. The van der Waals surface area contributed by atoms with Crippen LogP contribution in [0.3, 0.4) is 0 Å². The van der Waals surface area contributed by atoms with Gasteiger partial charge in [-0.25, -0.2) is 0 Å². The van der Waals surface area contributed by atoms with Gasteiger partial charge in [-0.3, -0.25) is 9.89 Å². The van der Waals surface area contributed by atoms with Crippen LogP contribution in [-0.4, -0.2) is 21.3 Å². The standard InChI is InChI=1S/C8H8N4O2/c1-5-2-7(12-14-5)8(13)11-6-3-9-10-4-6/h2-4H,1H3,(H,9,10)(H,11,13). The van der Waals surface area contributed by atoms with Crippen molar-refractivity contribution in [1.29, 1.82) is 0 Å². The Morgan fingerprint density at radius 1 is 1.64 bits per heavy atom. The molecule has 0 aliphatic heterocycles. The fourth-order valence-corrected chi connectivity index (χ4v) is 0.988. The van der Waals surface area contributed by atoms with Crippen LogP contribution in [0.4, 0.5) is 5.69 Å². The number of H-pyrrole nitrogens is 1. The van der Waals surface area contributed by atoms with E-state index in [9.17, 15) is 4.79 Å². The van der Waals surface area contributed by atoms with E-state index in [1.165, 1.54) is 6.20 Å². The summed E-state index contributed by atoms with van der Waals surface area (Å²) in [4.78, 5) is 11.5. The molecule has 2 aromatic heterocycles. The molecule has 2 heterocycles. The number of hydrogen-bond acceptors (Lipinski definition) is 4. The zero-order valence-electron chi connectivity index (χ0n) is 7.44. The molecule has 1 amide bonds. The molecular weight excluding hydrogens is 184 g/mol. The van der Waals surface area contributed by atoms with Crippen LogP contribution in [0.5, 0.6) is 0 Å². The van der Waals surface area contributed by atoms with Crippen molar-refractivity contribution >= 4 is 11.6 Å². The number of aromatic amines is 1. The summed E-state index contributed by atoms with van der Waals surface area (Å²) in [7, 11) is 0. The minimum atomic E-state index is -0.316. The highest BCUT2D eigenvalue weighted by Gasteiger charge is 2.10. The lowest BCUT2D eigenvalue weighted by Gasteiger charge is -1.95. The highest BCUT2D eigenvalue weighted by Crippen LogP contribution is 2.06. The lowest BCUT2D eigenvalue weighted by Crippen LogP contribution is -2.11. The van der Waals surface area contributed by atoms with Crippen LogP contribution in [0.25, 0.3) is 0 Å². The number of aromatic nitrogens is 3. The molecule has 2 N–H and O–H groups in total. The van der Waals surface area contributed by atoms with Gasteiger partial charge >= 0.3 is 0 Å². The molecule has 0 saturated carbocycles. The summed E-state index contributed by atoms with van der Waals surface area (Å²) in [5, 5.41) is 12.4. The van der Waals surface area contributed by atoms with Crippen molar-refractivity contribution in [3.8, 4) is 0 Å². The topological polar surface area (TPSA) is 83.8 Å². The van der Waals surface area contributed by atoms with Crippen molar-refractivity contribution in [2.75, 3.05) is 5.32 Å². The summed E-state index contributed by atoms with van der Waals surface area (Å²) in [5.74, 6) is 0.283. The van der Waals surface area contributed by atoms with Gasteiger partial charge in [-0.2, -0.15) is 5.10 Å². The molecule has 0 aliphatic carbocycles. The van der Waals surface area contributed by atoms with Gasteiger partial charge < -0.3 is 9.84 Å². The summed E-state index contributed by atoms with van der Waals surface area (Å²) in [6, 6.07) is 1.56. The van der Waals surface area contributed by atoms with E-state index in [0.717, 1.165) is 0 Å². The molecule has 6 heteroatoms. The third kappa shape index (κ3) is 1.63. The number of rotatable bonds is 2. The Bertz CT molecular complexity index is 432. The number of hydrogen-bond donors (Lipinski definition) is 2. The molecule has 2 aromatic rings. The Morgan fingerprint density at radius 2 is 2.50 bits per heavy atom. The number of amides is 1. The van der Waals surface area contributed by atoms with Gasteiger partial charge in [0.25, 0.3) is 5.91 Å². The Labute approximate surface area is 79.3 Å². The van der Waals surface area contributed by atoms with Crippen molar-refractivity contribution in [2.24, 2.45) is 0 Å². The van der Waals surface area contributed by atoms with Gasteiger partial charge in [0.2, 0.25) is 0 Å². The lowest BCUT2D eigenvalue weighted by molar-refractivity contribution is 0.101. The van der Waals surface area contributed by atoms with Crippen LogP contribution >= 0.6 is 0 Å². The predicted octanol–water partition coefficient (Wildman–Crippen LogP) is 0.958. The van der Waals surface area contributed by atoms with Gasteiger partial charge in [0.05, 0.1) is 11.9 Å². The first-order valence-corrected chi connectivity index (χ1v) is 3.99. The van der Waals surface area contributed by atoms with Crippen molar-refractivity contribution in [3.63, 3.8) is 0 Å². The molecule has 2 rings (SSSR count). The average Bonchev–Trinajstić information content (AvgIpc) is 2.75. The number of nitrogens with zero attached hydrogens (tertiary/aromatic N) is 2. The summed E-state index contributed by atoms with van der Waals surface area (Å²) in [6.07, 6.45) is 3.08. The first-order valence-electron chi connectivity index (χ1n) is 3.99. The fraction of sp³-hybridized carbons (Fsp3) is 0.125. The number of aryl methyl sites for hydroxylation is 1. The van der Waals surface area contributed by atoms with Gasteiger partial charge in [0, 0.05) is 12.3 Å². The van der Waals surface area contributed by atoms with Crippen LogP contribution in [-0.2, 0) is 0 Å². The summed E-state index contributed by atoms with van der Waals surface area (Å²) >= 11 is 0. The second-order valence-corrected chi connectivity index (χ2v) is 2.76. The smallest absolute Gasteiger partial charge is 0.277 e. The van der Waals surface area contributed by atoms with Gasteiger partial charge in [-0.1, -0.05) is 5.16 Å². The SMILES string of the molecule is Cc1cc(C(=O)Nc2cn[nH]c2)no1. The summed E-state index contributed by atoms with van der Waals surface area (Å²) in [6.45, 7) is 1.72. The predicted molar refractivity (Wildman–Crippen MR) is 47.8 cm³/mol. The number of nitrogens with one attached hydrogen (secondary N) is 2. The lowest BCUT2D eigenvalue weighted by atomic mass is 10.3. The average molecular weight is 192 g/mol. The van der Waals surface area contributed by atoms with Gasteiger partial charge in [-0.15, -0.1) is 0 Å². The van der Waals surface area contributed by atoms with E-state index in [-0.39, 0.29) is 11.6 Å². The van der Waals surface area contributed by atoms with Crippen molar-refractivity contribution in [2.45, 2.75) is 6.92 Å². The summed E-state index contributed by atoms with van der Waals surface area (Å²) in [5.41, 5.74) is 0.847. The first kappa shape index (κ1) is 8.49. The monoisotopic (exact) mass is 192 g/mol. The summed E-state index contributed by atoms with van der Waals surface area (Å²) < 4.78 is 4.77. The molecule has 0 atom stereocenters. The third-order valence-electron chi connectivity index (χ3n) is 1.62. The Hall–Kier alpha value is -2.11. The molecular formula is C8H8N4O2. The molecule has 14 heavy (non-hydrogen) atoms. The van der Waals surface area contributed by atoms with Crippen molar-refractivity contribution < 1.29 is 9.32 Å². The zero-order chi connectivity index (χ0) is 9.97. The number of carbonyl (C=O) groups is 1. The van der Waals surface area contributed by atoms with Crippen LogP contribution in [0.15, 0.2) is 23.0 Å². The largest absolute Gasteiger partial charge is 0.361 e. The minimum Gasteiger partial charge on any atom is -0.361 e. The van der Waals surface area contributed by atoms with Crippen molar-refractivity contribution in [3.05, 3.63) is 29.9 Å². The molecule has 0 unspecified atom stereocenters. The Kier molecular flexibility index (Phi) is 2.02. The van der Waals surface area contributed by atoms with E-state index in [1.807, 2.05) is 0 Å². The highest BCUT2D eigenvalue weighted by atomic mass is 16.5. The molecule has 0 aliphatic rings. The van der Waals surface area contributed by atoms with Crippen LogP contribution in [0.1, 0.15) is 16.2 Å². The second kappa shape index (κ2) is 3.33. The minimum absolute atomic E-state index is 0.253. The molecule has 0 saturated heterocycles. The maximum absolute atomic E-state index is 11.5. The molecule has 0 radical (unpaired) electrons. The Balaban J connectivity index is 2.10. The quantitative estimate of drug-likeness (QED) is 0.742. The molecule has 6 nitrogen and oxygen atoms in total. The van der Waals surface area contributed by atoms with E-state index in [0.29, 0.717) is 11.4 Å². The third-order valence-corrected chi connectivity index (χ3v) is 1.62. The molecule has 0 fully saturated rings. The normalized spacial score (nSPS) is 10.1. The van der Waals surface area contributed by atoms with Crippen LogP contribution in [0, 0.1) is 6.92 Å². The molecule has 72 valence electrons. The van der Waals surface area contributed by atoms with Crippen LogP contribution in [0.2, 0.25) is 0 Å². The van der Waals surface area contributed by atoms with E-state index in [4.69, 9.17) is 4.52 Å². The van der Waals surface area contributed by atoms with E-state index < -0.39 is 0 Å². The van der Waals surface area contributed by atoms with E-state index in [1.54, 1.807) is 19.2 Å². The maximum Gasteiger partial charge on any atom is 0.277 e. The van der Waals surface area contributed by atoms with E-state index in [2.05, 4.69) is 20.7 Å². The fourth-order valence-electron chi connectivity index (χ4n) is 0.988. The van der Waals surface area contributed by atoms with Gasteiger partial charge in [-0.05, 0) is 6.92 Å². The first-order chi connectivity index (χ1) is 6.75. The molecule has 0 bridgehead atoms. The van der Waals surface area contributed by atoms with Crippen LogP contribution < -0.4 is 5.32 Å². The van der Waals surface area contributed by atoms with Gasteiger partial charge in [0.1, 0.15) is 5.76 Å². The second-order valence-electron chi connectivity index (χ2n) is 2.76. The zero-order valence-corrected chi connectivity index (χ0v) is 7.44. The van der Waals surface area contributed by atoms with Crippen molar-refractivity contribution in [1.82, 2.24) is 15.4 Å². The van der Waals surface area contributed by atoms with Gasteiger partial charge in [0.15, 0.2) is 5.69 Å². The number of anilines is 1. The number of carbonyl (C=O) groups excluding carboxylic acids is 1.